The minimum absolute atomic E-state index is 0.213. The van der Waals surface area contributed by atoms with Crippen LogP contribution in [-0.2, 0) is 11.2 Å². The number of hydrogen-bond acceptors (Lipinski definition) is 2. The Morgan fingerprint density at radius 1 is 1.21 bits per heavy atom. The van der Waals surface area contributed by atoms with Gasteiger partial charge >= 0.3 is 0 Å². The maximum atomic E-state index is 12.7. The Bertz CT molecular complexity index is 575. The van der Waals surface area contributed by atoms with Gasteiger partial charge < -0.3 is 10.4 Å². The molecule has 0 heterocycles. The molecule has 0 radical (unpaired) electrons. The van der Waals surface area contributed by atoms with Crippen molar-refractivity contribution in [3.05, 3.63) is 29.3 Å². The van der Waals surface area contributed by atoms with Gasteiger partial charge in [-0.25, -0.2) is 0 Å². The van der Waals surface area contributed by atoms with Crippen molar-refractivity contribution >= 4 is 5.91 Å². The van der Waals surface area contributed by atoms with Crippen LogP contribution in [-0.4, -0.2) is 17.1 Å². The summed E-state index contributed by atoms with van der Waals surface area (Å²) in [7, 11) is 0. The zero-order chi connectivity index (χ0) is 17.1. The molecule has 0 spiro atoms. The molecule has 2 N–H and O–H groups in total. The highest BCUT2D eigenvalue weighted by atomic mass is 16.3. The molecule has 0 saturated heterocycles. The number of phenolic OH excluding ortho intramolecular Hbond substituents is 1. The summed E-state index contributed by atoms with van der Waals surface area (Å²) in [5.41, 5.74) is 2.58. The Morgan fingerprint density at radius 3 is 2.67 bits per heavy atom. The first kappa shape index (κ1) is 17.3. The standard InChI is InChI=1S/C21H31NO2/c1-3-4-19-18-11-10-17(23)13-16(18)9-12-20(19)22-21(24)15-7-5-14(2)6-8-15/h10-11,13-15,19-20,23H,3-9,12H2,1-2H3,(H,22,24). The molecular formula is C21H31NO2. The van der Waals surface area contributed by atoms with Crippen molar-refractivity contribution < 1.29 is 9.90 Å². The van der Waals surface area contributed by atoms with Gasteiger partial charge in [0.25, 0.3) is 0 Å². The molecule has 2 atom stereocenters. The van der Waals surface area contributed by atoms with Crippen molar-refractivity contribution in [2.24, 2.45) is 11.8 Å². The maximum Gasteiger partial charge on any atom is 0.223 e. The Balaban J connectivity index is 1.70. The fourth-order valence-electron chi connectivity index (χ4n) is 4.56. The van der Waals surface area contributed by atoms with Crippen LogP contribution in [0.3, 0.4) is 0 Å². The average Bonchev–Trinajstić information content (AvgIpc) is 2.57. The zero-order valence-corrected chi connectivity index (χ0v) is 15.1. The number of nitrogens with one attached hydrogen (secondary N) is 1. The van der Waals surface area contributed by atoms with Crippen molar-refractivity contribution in [1.29, 1.82) is 0 Å². The Kier molecular flexibility index (Phi) is 5.47. The third-order valence-corrected chi connectivity index (χ3v) is 6.05. The van der Waals surface area contributed by atoms with Gasteiger partial charge in [-0.3, -0.25) is 4.79 Å². The highest BCUT2D eigenvalue weighted by molar-refractivity contribution is 5.79. The molecule has 24 heavy (non-hydrogen) atoms. The molecule has 132 valence electrons. The molecule has 3 heteroatoms. The fourth-order valence-corrected chi connectivity index (χ4v) is 4.56. The van der Waals surface area contributed by atoms with Crippen LogP contribution < -0.4 is 5.32 Å². The third kappa shape index (κ3) is 3.76. The summed E-state index contributed by atoms with van der Waals surface area (Å²) in [5.74, 6) is 1.99. The molecule has 0 bridgehead atoms. The second-order valence-electron chi connectivity index (χ2n) is 7.89. The molecule has 1 fully saturated rings. The quantitative estimate of drug-likeness (QED) is 0.852. The fraction of sp³-hybridized carbons (Fsp3) is 0.667. The van der Waals surface area contributed by atoms with Gasteiger partial charge in [-0.15, -0.1) is 0 Å². The van der Waals surface area contributed by atoms with Crippen LogP contribution >= 0.6 is 0 Å². The van der Waals surface area contributed by atoms with Crippen LogP contribution in [0.1, 0.15) is 75.8 Å². The maximum absolute atomic E-state index is 12.7. The van der Waals surface area contributed by atoms with E-state index >= 15 is 0 Å². The summed E-state index contributed by atoms with van der Waals surface area (Å²) in [4.78, 5) is 12.7. The van der Waals surface area contributed by atoms with Crippen molar-refractivity contribution in [1.82, 2.24) is 5.32 Å². The van der Waals surface area contributed by atoms with E-state index < -0.39 is 0 Å². The monoisotopic (exact) mass is 329 g/mol. The van der Waals surface area contributed by atoms with E-state index in [9.17, 15) is 9.90 Å². The van der Waals surface area contributed by atoms with E-state index in [4.69, 9.17) is 0 Å². The van der Waals surface area contributed by atoms with Crippen LogP contribution in [0.25, 0.3) is 0 Å². The SMILES string of the molecule is CCCC1c2ccc(O)cc2CCC1NC(=O)C1CCC(C)CC1. The van der Waals surface area contributed by atoms with Gasteiger partial charge in [0.15, 0.2) is 0 Å². The van der Waals surface area contributed by atoms with E-state index in [-0.39, 0.29) is 17.9 Å². The average molecular weight is 329 g/mol. The van der Waals surface area contributed by atoms with Crippen LogP contribution in [0.5, 0.6) is 5.75 Å². The van der Waals surface area contributed by atoms with Gasteiger partial charge in [-0.1, -0.05) is 26.3 Å². The van der Waals surface area contributed by atoms with E-state index in [1.54, 1.807) is 6.07 Å². The van der Waals surface area contributed by atoms with Crippen LogP contribution in [0.15, 0.2) is 18.2 Å². The molecule has 1 amide bonds. The highest BCUT2D eigenvalue weighted by Gasteiger charge is 2.32. The van der Waals surface area contributed by atoms with Gasteiger partial charge in [-0.05, 0) is 74.1 Å². The number of aryl methyl sites for hydroxylation is 1. The number of fused-ring (bicyclic) bond motifs is 1. The lowest BCUT2D eigenvalue weighted by molar-refractivity contribution is -0.127. The molecule has 2 aliphatic carbocycles. The zero-order valence-electron chi connectivity index (χ0n) is 15.1. The van der Waals surface area contributed by atoms with E-state index in [2.05, 4.69) is 25.2 Å². The lowest BCUT2D eigenvalue weighted by Crippen LogP contribution is -2.45. The first-order valence-electron chi connectivity index (χ1n) is 9.70. The lowest BCUT2D eigenvalue weighted by Gasteiger charge is -2.36. The summed E-state index contributed by atoms with van der Waals surface area (Å²) in [5, 5.41) is 13.1. The number of amides is 1. The van der Waals surface area contributed by atoms with E-state index in [0.717, 1.165) is 44.4 Å². The largest absolute Gasteiger partial charge is 0.508 e. The van der Waals surface area contributed by atoms with E-state index in [0.29, 0.717) is 11.7 Å². The molecule has 2 aliphatic rings. The van der Waals surface area contributed by atoms with Gasteiger partial charge in [0.2, 0.25) is 5.91 Å². The van der Waals surface area contributed by atoms with Crippen molar-refractivity contribution in [3.63, 3.8) is 0 Å². The van der Waals surface area contributed by atoms with E-state index in [1.807, 2.05) is 6.07 Å². The second kappa shape index (κ2) is 7.58. The topological polar surface area (TPSA) is 49.3 Å². The number of hydrogen-bond donors (Lipinski definition) is 2. The second-order valence-corrected chi connectivity index (χ2v) is 7.89. The number of rotatable bonds is 4. The molecule has 1 aromatic carbocycles. The Labute approximate surface area is 145 Å². The van der Waals surface area contributed by atoms with E-state index in [1.165, 1.54) is 24.0 Å². The molecule has 0 aliphatic heterocycles. The molecule has 2 unspecified atom stereocenters. The van der Waals surface area contributed by atoms with Crippen LogP contribution in [0.4, 0.5) is 0 Å². The summed E-state index contributed by atoms with van der Waals surface area (Å²) in [6.07, 6.45) is 8.58. The highest BCUT2D eigenvalue weighted by Crippen LogP contribution is 2.37. The smallest absolute Gasteiger partial charge is 0.223 e. The number of carbonyl (C=O) groups excluding carboxylic acids is 1. The number of carbonyl (C=O) groups is 1. The van der Waals surface area contributed by atoms with Crippen molar-refractivity contribution in [3.8, 4) is 5.75 Å². The minimum Gasteiger partial charge on any atom is -0.508 e. The summed E-state index contributed by atoms with van der Waals surface area (Å²) in [6.45, 7) is 4.50. The molecular weight excluding hydrogens is 298 g/mol. The number of phenols is 1. The number of aromatic hydroxyl groups is 1. The summed E-state index contributed by atoms with van der Waals surface area (Å²) >= 11 is 0. The predicted molar refractivity (Wildman–Crippen MR) is 97.1 cm³/mol. The third-order valence-electron chi connectivity index (χ3n) is 6.05. The van der Waals surface area contributed by atoms with Gasteiger partial charge in [0.05, 0.1) is 0 Å². The predicted octanol–water partition coefficient (Wildman–Crippen LogP) is 4.53. The van der Waals surface area contributed by atoms with Gasteiger partial charge in [0.1, 0.15) is 5.75 Å². The van der Waals surface area contributed by atoms with Crippen LogP contribution in [0, 0.1) is 11.8 Å². The Hall–Kier alpha value is -1.51. The normalized spacial score (nSPS) is 29.8. The van der Waals surface area contributed by atoms with Crippen LogP contribution in [0.2, 0.25) is 0 Å². The van der Waals surface area contributed by atoms with Crippen molar-refractivity contribution in [2.45, 2.75) is 77.2 Å². The molecule has 3 rings (SSSR count). The summed E-state index contributed by atoms with van der Waals surface area (Å²) in [6, 6.07) is 5.99. The van der Waals surface area contributed by atoms with Gasteiger partial charge in [-0.2, -0.15) is 0 Å². The molecule has 3 nitrogen and oxygen atoms in total. The minimum atomic E-state index is 0.213. The number of benzene rings is 1. The first-order valence-corrected chi connectivity index (χ1v) is 9.70. The Morgan fingerprint density at radius 2 is 1.96 bits per heavy atom. The molecule has 1 aromatic rings. The summed E-state index contributed by atoms with van der Waals surface area (Å²) < 4.78 is 0. The molecule has 1 saturated carbocycles. The van der Waals surface area contributed by atoms with Gasteiger partial charge in [0, 0.05) is 17.9 Å². The lowest BCUT2D eigenvalue weighted by atomic mass is 9.76. The molecule has 0 aromatic heterocycles. The van der Waals surface area contributed by atoms with Crippen molar-refractivity contribution in [2.75, 3.05) is 0 Å². The first-order chi connectivity index (χ1) is 11.6.